The molecule has 0 spiro atoms. The van der Waals surface area contributed by atoms with E-state index in [2.05, 4.69) is 74.7 Å². The first-order valence-corrected chi connectivity index (χ1v) is 14.0. The van der Waals surface area contributed by atoms with Crippen LogP contribution in [0.1, 0.15) is 37.0 Å². The summed E-state index contributed by atoms with van der Waals surface area (Å²) in [5.41, 5.74) is 5.94. The molecule has 204 valence electrons. The maximum atomic E-state index is 12.4. The van der Waals surface area contributed by atoms with Crippen LogP contribution < -0.4 is 19.7 Å². The molecule has 2 aliphatic rings. The molecule has 1 fully saturated rings. The number of aliphatic imine (C=N–C) groups is 1. The van der Waals surface area contributed by atoms with E-state index < -0.39 is 0 Å². The van der Waals surface area contributed by atoms with Gasteiger partial charge in [-0.05, 0) is 57.0 Å². The summed E-state index contributed by atoms with van der Waals surface area (Å²) in [5.74, 6) is 1.14. The van der Waals surface area contributed by atoms with Crippen LogP contribution in [0.5, 0.6) is 11.5 Å². The SMILES string of the molecule is CCOc1cc2c(cc1OCC)C(c1ccc(CCCN3CCN(c4ccccc4)CC3)cc1)=NCC(=O)N2. The van der Waals surface area contributed by atoms with Gasteiger partial charge in [-0.3, -0.25) is 14.7 Å². The smallest absolute Gasteiger partial charge is 0.246 e. The Morgan fingerprint density at radius 2 is 1.56 bits per heavy atom. The van der Waals surface area contributed by atoms with Crippen LogP contribution in [-0.4, -0.2) is 69.0 Å². The average molecular weight is 527 g/mol. The van der Waals surface area contributed by atoms with Gasteiger partial charge in [0, 0.05) is 49.1 Å². The number of aryl methyl sites for hydroxylation is 1. The highest BCUT2D eigenvalue weighted by molar-refractivity contribution is 6.19. The number of benzene rings is 3. The van der Waals surface area contributed by atoms with Crippen molar-refractivity contribution in [2.24, 2.45) is 4.99 Å². The fourth-order valence-corrected chi connectivity index (χ4v) is 5.27. The lowest BCUT2D eigenvalue weighted by Gasteiger charge is -2.36. The maximum absolute atomic E-state index is 12.4. The Hall–Kier alpha value is -3.84. The van der Waals surface area contributed by atoms with Crippen LogP contribution in [0.25, 0.3) is 0 Å². The summed E-state index contributed by atoms with van der Waals surface area (Å²) in [5, 5.41) is 2.98. The molecule has 1 saturated heterocycles. The minimum atomic E-state index is -0.140. The molecule has 7 heteroatoms. The van der Waals surface area contributed by atoms with E-state index in [1.54, 1.807) is 0 Å². The predicted octanol–water partition coefficient (Wildman–Crippen LogP) is 5.03. The number of amides is 1. The van der Waals surface area contributed by atoms with Gasteiger partial charge >= 0.3 is 0 Å². The van der Waals surface area contributed by atoms with Crippen molar-refractivity contribution >= 4 is 23.0 Å². The number of rotatable bonds is 10. The van der Waals surface area contributed by atoms with E-state index in [0.717, 1.165) is 62.4 Å². The molecule has 1 amide bonds. The van der Waals surface area contributed by atoms with E-state index in [4.69, 9.17) is 9.47 Å². The Morgan fingerprint density at radius 1 is 0.872 bits per heavy atom. The zero-order chi connectivity index (χ0) is 27.0. The van der Waals surface area contributed by atoms with Crippen molar-refractivity contribution in [1.82, 2.24) is 4.90 Å². The Morgan fingerprint density at radius 3 is 2.26 bits per heavy atom. The van der Waals surface area contributed by atoms with Gasteiger partial charge in [0.15, 0.2) is 11.5 Å². The quantitative estimate of drug-likeness (QED) is 0.402. The monoisotopic (exact) mass is 526 g/mol. The summed E-state index contributed by atoms with van der Waals surface area (Å²) in [6.45, 7) is 10.5. The van der Waals surface area contributed by atoms with E-state index in [9.17, 15) is 4.79 Å². The molecule has 3 aromatic carbocycles. The van der Waals surface area contributed by atoms with Gasteiger partial charge in [0.25, 0.3) is 0 Å². The molecule has 0 aliphatic carbocycles. The van der Waals surface area contributed by atoms with Gasteiger partial charge in [-0.25, -0.2) is 0 Å². The largest absolute Gasteiger partial charge is 0.490 e. The zero-order valence-electron chi connectivity index (χ0n) is 23.0. The Labute approximate surface area is 231 Å². The molecule has 3 aromatic rings. The first-order valence-electron chi connectivity index (χ1n) is 14.0. The van der Waals surface area contributed by atoms with Crippen LogP contribution in [0.3, 0.4) is 0 Å². The fraction of sp³-hybridized carbons (Fsp3) is 0.375. The Bertz CT molecular complexity index is 1280. The van der Waals surface area contributed by atoms with Gasteiger partial charge in [0.2, 0.25) is 5.91 Å². The van der Waals surface area contributed by atoms with Crippen LogP contribution in [0.15, 0.2) is 71.7 Å². The Balaban J connectivity index is 1.21. The normalized spacial score (nSPS) is 15.7. The first kappa shape index (κ1) is 26.8. The third kappa shape index (κ3) is 6.60. The van der Waals surface area contributed by atoms with Crippen molar-refractivity contribution in [1.29, 1.82) is 0 Å². The molecule has 0 unspecified atom stereocenters. The summed E-state index contributed by atoms with van der Waals surface area (Å²) in [4.78, 5) is 22.1. The highest BCUT2D eigenvalue weighted by Gasteiger charge is 2.22. The van der Waals surface area contributed by atoms with Gasteiger partial charge < -0.3 is 19.7 Å². The summed E-state index contributed by atoms with van der Waals surface area (Å²) in [6.07, 6.45) is 2.17. The van der Waals surface area contributed by atoms with E-state index >= 15 is 0 Å². The lowest BCUT2D eigenvalue weighted by Crippen LogP contribution is -2.46. The number of carbonyl (C=O) groups excluding carboxylic acids is 1. The summed E-state index contributed by atoms with van der Waals surface area (Å²) in [7, 11) is 0. The number of nitrogens with zero attached hydrogens (tertiary/aromatic N) is 3. The van der Waals surface area contributed by atoms with Crippen LogP contribution in [0.2, 0.25) is 0 Å². The van der Waals surface area contributed by atoms with Gasteiger partial charge in [-0.15, -0.1) is 0 Å². The Kier molecular flexibility index (Phi) is 8.78. The van der Waals surface area contributed by atoms with Crippen LogP contribution >= 0.6 is 0 Å². The highest BCUT2D eigenvalue weighted by atomic mass is 16.5. The standard InChI is InChI=1S/C32H38N4O3/c1-3-38-29-21-27-28(22-30(29)39-4-2)34-31(37)23-33-32(27)25-14-12-24(13-15-25)9-8-16-35-17-19-36(20-18-35)26-10-6-5-7-11-26/h5-7,10-15,21-22H,3-4,8-9,16-20,23H2,1-2H3,(H,34,37). The zero-order valence-corrected chi connectivity index (χ0v) is 23.0. The molecule has 5 rings (SSSR count). The molecule has 0 saturated carbocycles. The number of ether oxygens (including phenoxy) is 2. The predicted molar refractivity (Wildman–Crippen MR) is 158 cm³/mol. The van der Waals surface area contributed by atoms with Crippen molar-refractivity contribution in [3.63, 3.8) is 0 Å². The third-order valence-corrected chi connectivity index (χ3v) is 7.25. The van der Waals surface area contributed by atoms with Crippen molar-refractivity contribution in [2.75, 3.05) is 62.7 Å². The van der Waals surface area contributed by atoms with Crippen molar-refractivity contribution in [2.45, 2.75) is 26.7 Å². The average Bonchev–Trinajstić information content (AvgIpc) is 3.12. The molecular weight excluding hydrogens is 488 g/mol. The van der Waals surface area contributed by atoms with Crippen LogP contribution in [0.4, 0.5) is 11.4 Å². The molecule has 0 aromatic heterocycles. The first-order chi connectivity index (χ1) is 19.1. The van der Waals surface area contributed by atoms with Crippen molar-refractivity contribution < 1.29 is 14.3 Å². The van der Waals surface area contributed by atoms with E-state index in [0.29, 0.717) is 30.4 Å². The van der Waals surface area contributed by atoms with E-state index in [1.165, 1.54) is 11.3 Å². The number of fused-ring (bicyclic) bond motifs is 1. The van der Waals surface area contributed by atoms with Crippen molar-refractivity contribution in [3.8, 4) is 11.5 Å². The molecule has 2 heterocycles. The minimum absolute atomic E-state index is 0.0806. The number of anilines is 2. The summed E-state index contributed by atoms with van der Waals surface area (Å²) >= 11 is 0. The van der Waals surface area contributed by atoms with Gasteiger partial charge in [-0.2, -0.15) is 0 Å². The van der Waals surface area contributed by atoms with E-state index in [1.807, 2.05) is 26.0 Å². The second-order valence-corrected chi connectivity index (χ2v) is 9.89. The molecule has 1 N–H and O–H groups in total. The lowest BCUT2D eigenvalue weighted by atomic mass is 9.98. The lowest BCUT2D eigenvalue weighted by molar-refractivity contribution is -0.114. The number of hydrogen-bond acceptors (Lipinski definition) is 6. The molecule has 7 nitrogen and oxygen atoms in total. The molecule has 39 heavy (non-hydrogen) atoms. The van der Waals surface area contributed by atoms with Crippen LogP contribution in [-0.2, 0) is 11.2 Å². The van der Waals surface area contributed by atoms with E-state index in [-0.39, 0.29) is 12.5 Å². The number of hydrogen-bond donors (Lipinski definition) is 1. The second-order valence-electron chi connectivity index (χ2n) is 9.89. The molecule has 0 bridgehead atoms. The molecule has 0 atom stereocenters. The topological polar surface area (TPSA) is 66.4 Å². The number of carbonyl (C=O) groups is 1. The third-order valence-electron chi connectivity index (χ3n) is 7.25. The van der Waals surface area contributed by atoms with Gasteiger partial charge in [-0.1, -0.05) is 42.5 Å². The minimum Gasteiger partial charge on any atom is -0.490 e. The fourth-order valence-electron chi connectivity index (χ4n) is 5.27. The molecule has 2 aliphatic heterocycles. The van der Waals surface area contributed by atoms with Crippen molar-refractivity contribution in [3.05, 3.63) is 83.4 Å². The van der Waals surface area contributed by atoms with Crippen LogP contribution in [0, 0.1) is 0 Å². The summed E-state index contributed by atoms with van der Waals surface area (Å²) in [6, 6.07) is 23.1. The van der Waals surface area contributed by atoms with Gasteiger partial charge in [0.1, 0.15) is 6.54 Å². The summed E-state index contributed by atoms with van der Waals surface area (Å²) < 4.78 is 11.6. The number of nitrogens with one attached hydrogen (secondary N) is 1. The molecular formula is C32H38N4O3. The second kappa shape index (κ2) is 12.8. The highest BCUT2D eigenvalue weighted by Crippen LogP contribution is 2.36. The van der Waals surface area contributed by atoms with Gasteiger partial charge in [0.05, 0.1) is 24.6 Å². The molecule has 0 radical (unpaired) electrons. The number of piperazine rings is 1. The number of benzodiazepines with no additional fused rings is 1. The maximum Gasteiger partial charge on any atom is 0.246 e. The number of para-hydroxylation sites is 1.